The SMILES string of the molecule is CC(C)(C)OC(=O)c1cccc(N2CCN(C(=O)OCc3ccccc3)CC2)c1. The number of anilines is 1. The maximum absolute atomic E-state index is 12.3. The first-order valence-electron chi connectivity index (χ1n) is 9.86. The number of hydrogen-bond acceptors (Lipinski definition) is 5. The molecule has 0 aromatic heterocycles. The Bertz CT molecular complexity index is 837. The van der Waals surface area contributed by atoms with Crippen molar-refractivity contribution < 1.29 is 19.1 Å². The number of benzene rings is 2. The Hall–Kier alpha value is -3.02. The number of ether oxygens (including phenoxy) is 2. The molecule has 1 fully saturated rings. The van der Waals surface area contributed by atoms with Crippen molar-refractivity contribution in [3.8, 4) is 0 Å². The molecular formula is C23H28N2O4. The minimum absolute atomic E-state index is 0.276. The van der Waals surface area contributed by atoms with Crippen LogP contribution in [0.3, 0.4) is 0 Å². The lowest BCUT2D eigenvalue weighted by atomic mass is 10.1. The number of esters is 1. The Kier molecular flexibility index (Phi) is 6.42. The second-order valence-corrected chi connectivity index (χ2v) is 8.07. The number of carbonyl (C=O) groups excluding carboxylic acids is 2. The minimum Gasteiger partial charge on any atom is -0.456 e. The summed E-state index contributed by atoms with van der Waals surface area (Å²) in [6.07, 6.45) is -0.295. The fraction of sp³-hybridized carbons (Fsp3) is 0.391. The monoisotopic (exact) mass is 396 g/mol. The van der Waals surface area contributed by atoms with E-state index in [-0.39, 0.29) is 18.7 Å². The molecule has 0 aliphatic carbocycles. The summed E-state index contributed by atoms with van der Waals surface area (Å²) in [7, 11) is 0. The molecule has 6 heteroatoms. The topological polar surface area (TPSA) is 59.1 Å². The van der Waals surface area contributed by atoms with Crippen molar-refractivity contribution in [2.45, 2.75) is 33.0 Å². The van der Waals surface area contributed by atoms with Gasteiger partial charge in [0.1, 0.15) is 12.2 Å². The first-order valence-corrected chi connectivity index (χ1v) is 9.86. The van der Waals surface area contributed by atoms with E-state index in [4.69, 9.17) is 9.47 Å². The van der Waals surface area contributed by atoms with Gasteiger partial charge >= 0.3 is 12.1 Å². The molecule has 0 unspecified atom stereocenters. The second kappa shape index (κ2) is 8.99. The van der Waals surface area contributed by atoms with Crippen molar-refractivity contribution in [1.82, 2.24) is 4.90 Å². The van der Waals surface area contributed by atoms with Crippen LogP contribution in [-0.2, 0) is 16.1 Å². The van der Waals surface area contributed by atoms with Crippen LogP contribution in [-0.4, -0.2) is 48.7 Å². The highest BCUT2D eigenvalue weighted by Gasteiger charge is 2.23. The van der Waals surface area contributed by atoms with E-state index in [0.29, 0.717) is 31.7 Å². The molecule has 1 saturated heterocycles. The molecule has 0 N–H and O–H groups in total. The number of nitrogens with zero attached hydrogens (tertiary/aromatic N) is 2. The summed E-state index contributed by atoms with van der Waals surface area (Å²) in [6.45, 7) is 8.34. The van der Waals surface area contributed by atoms with Gasteiger partial charge in [0.2, 0.25) is 0 Å². The van der Waals surface area contributed by atoms with Gasteiger partial charge in [0.05, 0.1) is 5.56 Å². The van der Waals surface area contributed by atoms with Gasteiger partial charge in [-0.3, -0.25) is 0 Å². The lowest BCUT2D eigenvalue weighted by molar-refractivity contribution is 0.00695. The van der Waals surface area contributed by atoms with Gasteiger partial charge < -0.3 is 19.3 Å². The van der Waals surface area contributed by atoms with Gasteiger partial charge in [-0.1, -0.05) is 36.4 Å². The van der Waals surface area contributed by atoms with Crippen LogP contribution in [0.1, 0.15) is 36.7 Å². The van der Waals surface area contributed by atoms with Crippen LogP contribution in [0.4, 0.5) is 10.5 Å². The highest BCUT2D eigenvalue weighted by atomic mass is 16.6. The van der Waals surface area contributed by atoms with Crippen molar-refractivity contribution >= 4 is 17.7 Å². The Labute approximate surface area is 172 Å². The van der Waals surface area contributed by atoms with Gasteiger partial charge in [0.25, 0.3) is 0 Å². The summed E-state index contributed by atoms with van der Waals surface area (Å²) in [6, 6.07) is 17.1. The number of hydrogen-bond donors (Lipinski definition) is 0. The summed E-state index contributed by atoms with van der Waals surface area (Å²) in [5, 5.41) is 0. The Morgan fingerprint density at radius 3 is 2.28 bits per heavy atom. The molecular weight excluding hydrogens is 368 g/mol. The number of piperazine rings is 1. The van der Waals surface area contributed by atoms with Crippen LogP contribution < -0.4 is 4.90 Å². The largest absolute Gasteiger partial charge is 0.456 e. The maximum atomic E-state index is 12.3. The molecule has 2 aromatic carbocycles. The third-order valence-corrected chi connectivity index (χ3v) is 4.59. The average molecular weight is 396 g/mol. The molecule has 6 nitrogen and oxygen atoms in total. The van der Waals surface area contributed by atoms with Crippen LogP contribution in [0.2, 0.25) is 0 Å². The summed E-state index contributed by atoms with van der Waals surface area (Å²) in [5.41, 5.74) is 1.92. The Morgan fingerprint density at radius 1 is 0.931 bits per heavy atom. The smallest absolute Gasteiger partial charge is 0.410 e. The fourth-order valence-corrected chi connectivity index (χ4v) is 3.12. The van der Waals surface area contributed by atoms with E-state index in [2.05, 4.69) is 4.90 Å². The van der Waals surface area contributed by atoms with Gasteiger partial charge in [-0.05, 0) is 44.5 Å². The lowest BCUT2D eigenvalue weighted by Gasteiger charge is -2.35. The van der Waals surface area contributed by atoms with E-state index in [1.807, 2.05) is 69.3 Å². The zero-order valence-corrected chi connectivity index (χ0v) is 17.3. The fourth-order valence-electron chi connectivity index (χ4n) is 3.12. The molecule has 1 heterocycles. The van der Waals surface area contributed by atoms with E-state index in [1.165, 1.54) is 0 Å². The van der Waals surface area contributed by atoms with E-state index in [1.54, 1.807) is 11.0 Å². The van der Waals surface area contributed by atoms with Gasteiger partial charge in [-0.25, -0.2) is 9.59 Å². The second-order valence-electron chi connectivity index (χ2n) is 8.07. The molecule has 0 spiro atoms. The minimum atomic E-state index is -0.529. The molecule has 1 aliphatic rings. The van der Waals surface area contributed by atoms with Crippen molar-refractivity contribution in [1.29, 1.82) is 0 Å². The van der Waals surface area contributed by atoms with Gasteiger partial charge in [-0.2, -0.15) is 0 Å². The molecule has 1 aliphatic heterocycles. The molecule has 154 valence electrons. The van der Waals surface area contributed by atoms with E-state index < -0.39 is 5.60 Å². The van der Waals surface area contributed by atoms with E-state index in [9.17, 15) is 9.59 Å². The van der Waals surface area contributed by atoms with Crippen LogP contribution in [0.15, 0.2) is 54.6 Å². The molecule has 29 heavy (non-hydrogen) atoms. The summed E-state index contributed by atoms with van der Waals surface area (Å²) in [4.78, 5) is 28.5. The van der Waals surface area contributed by atoms with Crippen LogP contribution in [0.25, 0.3) is 0 Å². The maximum Gasteiger partial charge on any atom is 0.410 e. The number of rotatable bonds is 4. The normalized spacial score (nSPS) is 14.4. The summed E-state index contributed by atoms with van der Waals surface area (Å²) in [5.74, 6) is -0.331. The van der Waals surface area contributed by atoms with Gasteiger partial charge in [-0.15, -0.1) is 0 Å². The van der Waals surface area contributed by atoms with Gasteiger partial charge in [0.15, 0.2) is 0 Å². The first kappa shape index (κ1) is 20.7. The van der Waals surface area contributed by atoms with Crippen molar-refractivity contribution in [2.75, 3.05) is 31.1 Å². The molecule has 1 amide bonds. The molecule has 0 bridgehead atoms. The third-order valence-electron chi connectivity index (χ3n) is 4.59. The van der Waals surface area contributed by atoms with Crippen molar-refractivity contribution in [3.05, 3.63) is 65.7 Å². The van der Waals surface area contributed by atoms with Gasteiger partial charge in [0, 0.05) is 31.9 Å². The summed E-state index contributed by atoms with van der Waals surface area (Å²) < 4.78 is 10.9. The van der Waals surface area contributed by atoms with E-state index in [0.717, 1.165) is 11.3 Å². The van der Waals surface area contributed by atoms with Crippen LogP contribution in [0.5, 0.6) is 0 Å². The van der Waals surface area contributed by atoms with E-state index >= 15 is 0 Å². The van der Waals surface area contributed by atoms with Crippen LogP contribution >= 0.6 is 0 Å². The highest BCUT2D eigenvalue weighted by molar-refractivity contribution is 5.90. The number of amides is 1. The number of carbonyl (C=O) groups is 2. The standard InChI is InChI=1S/C23H28N2O4/c1-23(2,3)29-21(26)19-10-7-11-20(16-19)24-12-14-25(15-13-24)22(27)28-17-18-8-5-4-6-9-18/h4-11,16H,12-15,17H2,1-3H3. The quantitative estimate of drug-likeness (QED) is 0.728. The predicted octanol–water partition coefficient (Wildman–Crippen LogP) is 4.10. The Morgan fingerprint density at radius 2 is 1.62 bits per heavy atom. The van der Waals surface area contributed by atoms with Crippen molar-refractivity contribution in [3.63, 3.8) is 0 Å². The van der Waals surface area contributed by atoms with Crippen LogP contribution in [0, 0.1) is 0 Å². The first-order chi connectivity index (χ1) is 13.8. The Balaban J connectivity index is 1.53. The predicted molar refractivity (Wildman–Crippen MR) is 112 cm³/mol. The highest BCUT2D eigenvalue weighted by Crippen LogP contribution is 2.20. The van der Waals surface area contributed by atoms with Crippen molar-refractivity contribution in [2.24, 2.45) is 0 Å². The zero-order chi connectivity index (χ0) is 20.9. The molecule has 0 radical (unpaired) electrons. The molecule has 2 aromatic rings. The lowest BCUT2D eigenvalue weighted by Crippen LogP contribution is -2.49. The third kappa shape index (κ3) is 5.98. The molecule has 0 saturated carbocycles. The average Bonchev–Trinajstić information content (AvgIpc) is 2.72. The molecule has 0 atom stereocenters. The summed E-state index contributed by atoms with van der Waals surface area (Å²) >= 11 is 0. The molecule has 3 rings (SSSR count). The zero-order valence-electron chi connectivity index (χ0n) is 17.3.